The summed E-state index contributed by atoms with van der Waals surface area (Å²) in [7, 11) is 1.94. The number of aliphatic hydroxyl groups is 2. The molecule has 2 heterocycles. The molecule has 0 spiro atoms. The highest BCUT2D eigenvalue weighted by atomic mass is 32.1. The van der Waals surface area contributed by atoms with Gasteiger partial charge in [0.2, 0.25) is 5.43 Å². The van der Waals surface area contributed by atoms with Crippen LogP contribution in [0.5, 0.6) is 0 Å². The van der Waals surface area contributed by atoms with Gasteiger partial charge in [0.15, 0.2) is 0 Å². The molecule has 0 saturated heterocycles. The Labute approximate surface area is 215 Å². The summed E-state index contributed by atoms with van der Waals surface area (Å²) in [6.07, 6.45) is 9.06. The maximum absolute atomic E-state index is 13.3. The Hall–Kier alpha value is -3.04. The van der Waals surface area contributed by atoms with Gasteiger partial charge in [0.1, 0.15) is 10.4 Å². The van der Waals surface area contributed by atoms with E-state index in [9.17, 15) is 19.8 Å². The van der Waals surface area contributed by atoms with Gasteiger partial charge in [-0.1, -0.05) is 48.1 Å². The number of aromatic nitrogens is 1. The lowest BCUT2D eigenvalue weighted by Gasteiger charge is -2.21. The molecule has 1 aliphatic carbocycles. The van der Waals surface area contributed by atoms with Crippen molar-refractivity contribution in [1.29, 1.82) is 0 Å². The Kier molecular flexibility index (Phi) is 8.53. The van der Waals surface area contributed by atoms with Crippen molar-refractivity contribution < 1.29 is 15.0 Å². The van der Waals surface area contributed by atoms with Crippen molar-refractivity contribution in [2.24, 2.45) is 0 Å². The second-order valence-corrected chi connectivity index (χ2v) is 10.4. The maximum Gasteiger partial charge on any atom is 0.257 e. The fourth-order valence-electron chi connectivity index (χ4n) is 4.33. The third-order valence-electron chi connectivity index (χ3n) is 6.28. The van der Waals surface area contributed by atoms with E-state index in [1.807, 2.05) is 55.3 Å². The van der Waals surface area contributed by atoms with E-state index < -0.39 is 12.0 Å². The number of rotatable bonds is 10. The number of thiophene rings is 1. The number of nitrogens with one attached hydrogen (secondary N) is 1. The van der Waals surface area contributed by atoms with Crippen molar-refractivity contribution in [3.8, 4) is 0 Å². The molecule has 2 aromatic heterocycles. The van der Waals surface area contributed by atoms with E-state index in [1.165, 1.54) is 11.3 Å². The van der Waals surface area contributed by atoms with Gasteiger partial charge in [-0.3, -0.25) is 14.5 Å². The van der Waals surface area contributed by atoms with Crippen LogP contribution in [0.15, 0.2) is 65.1 Å². The molecule has 0 bridgehead atoms. The molecule has 0 saturated carbocycles. The first kappa shape index (κ1) is 26.0. The summed E-state index contributed by atoms with van der Waals surface area (Å²) in [5.74, 6) is -0.434. The molecule has 1 aliphatic rings. The zero-order chi connectivity index (χ0) is 25.7. The number of carbonyl (C=O) groups excluding carboxylic acids is 1. The molecule has 0 radical (unpaired) electrons. The number of allylic oxidation sites excluding steroid dienone is 2. The predicted octanol–water partition coefficient (Wildman–Crippen LogP) is 3.36. The smallest absolute Gasteiger partial charge is 0.257 e. The lowest BCUT2D eigenvalue weighted by atomic mass is 10.0. The minimum Gasteiger partial charge on any atom is -0.395 e. The Bertz CT molecular complexity index is 1340. The van der Waals surface area contributed by atoms with Crippen LogP contribution in [-0.4, -0.2) is 51.9 Å². The topological polar surface area (TPSA) is 94.8 Å². The molecule has 0 fully saturated rings. The molecule has 1 atom stereocenters. The largest absolute Gasteiger partial charge is 0.395 e. The fraction of sp³-hybridized carbons (Fsp3) is 0.357. The van der Waals surface area contributed by atoms with E-state index >= 15 is 0 Å². The first-order valence-corrected chi connectivity index (χ1v) is 13.0. The van der Waals surface area contributed by atoms with Crippen molar-refractivity contribution >= 4 is 27.5 Å². The average molecular weight is 508 g/mol. The normalized spacial score (nSPS) is 14.3. The zero-order valence-electron chi connectivity index (χ0n) is 20.7. The van der Waals surface area contributed by atoms with Crippen LogP contribution in [0.4, 0.5) is 0 Å². The number of pyridine rings is 1. The summed E-state index contributed by atoms with van der Waals surface area (Å²) in [4.78, 5) is 29.9. The van der Waals surface area contributed by atoms with Gasteiger partial charge in [-0.2, -0.15) is 0 Å². The van der Waals surface area contributed by atoms with Gasteiger partial charge in [-0.05, 0) is 44.0 Å². The summed E-state index contributed by atoms with van der Waals surface area (Å²) < 4.78 is 1.78. The van der Waals surface area contributed by atoms with Crippen LogP contribution in [0, 0.1) is 6.92 Å². The SMILES string of the molecule is Cc1ccc(CNC(=O)c2cn(CCO)c3sc(CN(C)C[C@@H](O)C4=CCCC=C4)cc3c2=O)cc1. The number of aryl methyl sites for hydroxylation is 1. The monoisotopic (exact) mass is 507 g/mol. The van der Waals surface area contributed by atoms with Gasteiger partial charge in [0, 0.05) is 37.3 Å². The molecule has 3 aromatic rings. The van der Waals surface area contributed by atoms with Gasteiger partial charge in [-0.15, -0.1) is 11.3 Å². The number of benzene rings is 1. The lowest BCUT2D eigenvalue weighted by molar-refractivity contribution is 0.0949. The van der Waals surface area contributed by atoms with E-state index in [4.69, 9.17) is 0 Å². The van der Waals surface area contributed by atoms with Crippen molar-refractivity contribution in [2.45, 2.75) is 45.5 Å². The quantitative estimate of drug-likeness (QED) is 0.391. The van der Waals surface area contributed by atoms with Crippen LogP contribution in [0.1, 0.15) is 39.2 Å². The third-order valence-corrected chi connectivity index (χ3v) is 7.43. The third kappa shape index (κ3) is 6.20. The van der Waals surface area contributed by atoms with E-state index in [0.717, 1.165) is 39.2 Å². The molecule has 8 heteroatoms. The van der Waals surface area contributed by atoms with Gasteiger partial charge >= 0.3 is 0 Å². The highest BCUT2D eigenvalue weighted by Crippen LogP contribution is 2.26. The Balaban J connectivity index is 1.53. The summed E-state index contributed by atoms with van der Waals surface area (Å²) in [6.45, 7) is 3.53. The van der Waals surface area contributed by atoms with Gasteiger partial charge in [0.25, 0.3) is 5.91 Å². The van der Waals surface area contributed by atoms with Gasteiger partial charge in [-0.25, -0.2) is 0 Å². The van der Waals surface area contributed by atoms with Gasteiger partial charge < -0.3 is 20.1 Å². The predicted molar refractivity (Wildman–Crippen MR) is 144 cm³/mol. The van der Waals surface area contributed by atoms with E-state index in [1.54, 1.807) is 10.8 Å². The second kappa shape index (κ2) is 11.8. The fourth-order valence-corrected chi connectivity index (χ4v) is 5.57. The first-order valence-electron chi connectivity index (χ1n) is 12.2. The number of carbonyl (C=O) groups is 1. The molecule has 1 amide bonds. The molecule has 4 rings (SSSR count). The van der Waals surface area contributed by atoms with Crippen LogP contribution in [-0.2, 0) is 19.6 Å². The molecule has 0 aliphatic heterocycles. The van der Waals surface area contributed by atoms with Crippen LogP contribution >= 0.6 is 11.3 Å². The van der Waals surface area contributed by atoms with Crippen LogP contribution in [0.3, 0.4) is 0 Å². The molecular formula is C28H33N3O4S. The molecule has 7 nitrogen and oxygen atoms in total. The molecule has 3 N–H and O–H groups in total. The number of fused-ring (bicyclic) bond motifs is 1. The molecule has 0 unspecified atom stereocenters. The molecule has 190 valence electrons. The minimum absolute atomic E-state index is 0.0622. The van der Waals surface area contributed by atoms with Crippen LogP contribution in [0.25, 0.3) is 10.2 Å². The number of hydrogen-bond donors (Lipinski definition) is 3. The molecule has 36 heavy (non-hydrogen) atoms. The Morgan fingerprint density at radius 1 is 1.25 bits per heavy atom. The first-order chi connectivity index (χ1) is 17.4. The average Bonchev–Trinajstić information content (AvgIpc) is 3.30. The van der Waals surface area contributed by atoms with Crippen LogP contribution < -0.4 is 10.7 Å². The van der Waals surface area contributed by atoms with E-state index in [0.29, 0.717) is 25.0 Å². The van der Waals surface area contributed by atoms with Crippen molar-refractivity contribution in [1.82, 2.24) is 14.8 Å². The number of hydrogen-bond acceptors (Lipinski definition) is 6. The van der Waals surface area contributed by atoms with E-state index in [-0.39, 0.29) is 24.1 Å². The maximum atomic E-state index is 13.3. The van der Waals surface area contributed by atoms with Crippen molar-refractivity contribution in [3.05, 3.63) is 92.1 Å². The minimum atomic E-state index is -0.570. The number of nitrogens with zero attached hydrogens (tertiary/aromatic N) is 2. The van der Waals surface area contributed by atoms with Crippen molar-refractivity contribution in [2.75, 3.05) is 20.2 Å². The van der Waals surface area contributed by atoms with E-state index in [2.05, 4.69) is 17.5 Å². The highest BCUT2D eigenvalue weighted by molar-refractivity contribution is 7.18. The summed E-state index contributed by atoms with van der Waals surface area (Å²) in [5.41, 5.74) is 2.77. The summed E-state index contributed by atoms with van der Waals surface area (Å²) in [6, 6.07) is 9.68. The number of likely N-dealkylation sites (N-methyl/N-ethyl adjacent to an activating group) is 1. The highest BCUT2D eigenvalue weighted by Gasteiger charge is 2.19. The second-order valence-electron chi connectivity index (χ2n) is 9.29. The Morgan fingerprint density at radius 3 is 2.72 bits per heavy atom. The number of amides is 1. The van der Waals surface area contributed by atoms with Crippen LogP contribution in [0.2, 0.25) is 0 Å². The molecule has 1 aromatic carbocycles. The summed E-state index contributed by atoms with van der Waals surface area (Å²) in [5, 5.41) is 23.5. The Morgan fingerprint density at radius 2 is 2.03 bits per heavy atom. The zero-order valence-corrected chi connectivity index (χ0v) is 21.6. The molecular weight excluding hydrogens is 474 g/mol. The number of aliphatic hydroxyl groups excluding tert-OH is 2. The lowest BCUT2D eigenvalue weighted by Crippen LogP contribution is -2.29. The summed E-state index contributed by atoms with van der Waals surface area (Å²) >= 11 is 1.47. The van der Waals surface area contributed by atoms with Gasteiger partial charge in [0.05, 0.1) is 18.1 Å². The van der Waals surface area contributed by atoms with Crippen molar-refractivity contribution in [3.63, 3.8) is 0 Å². The standard InChI is InChI=1S/C28H33N3O4S/c1-19-8-10-20(11-9-19)15-29-27(35)24-17-31(12-13-32)28-23(26(24)34)14-22(36-28)16-30(2)18-25(33)21-6-4-3-5-7-21/h4,6-11,14,17,25,32-33H,3,5,12-13,15-16,18H2,1-2H3,(H,29,35)/t25-/m1/s1.